The minimum absolute atomic E-state index is 0.213. The first-order chi connectivity index (χ1) is 8.27. The minimum atomic E-state index is 0.213. The lowest BCUT2D eigenvalue weighted by atomic mass is 9.81. The second kappa shape index (κ2) is 4.94. The summed E-state index contributed by atoms with van der Waals surface area (Å²) in [5.41, 5.74) is 9.66. The van der Waals surface area contributed by atoms with Crippen LogP contribution in [0.3, 0.4) is 0 Å². The lowest BCUT2D eigenvalue weighted by Crippen LogP contribution is -2.37. The predicted molar refractivity (Wildman–Crippen MR) is 73.3 cm³/mol. The molecule has 1 unspecified atom stereocenters. The van der Waals surface area contributed by atoms with Crippen LogP contribution < -0.4 is 5.73 Å². The first kappa shape index (κ1) is 12.1. The molecule has 0 radical (unpaired) electrons. The number of allylic oxidation sites excluding steroid dienone is 1. The number of hydrogen-bond donors (Lipinski definition) is 1. The monoisotopic (exact) mass is 253 g/mol. The normalized spacial score (nSPS) is 39.0. The summed E-state index contributed by atoms with van der Waals surface area (Å²) in [6, 6.07) is 0.454. The molecule has 3 rings (SSSR count). The highest BCUT2D eigenvalue weighted by Crippen LogP contribution is 2.42. The van der Waals surface area contributed by atoms with Crippen LogP contribution in [0.1, 0.15) is 44.9 Å². The van der Waals surface area contributed by atoms with Gasteiger partial charge in [0.05, 0.1) is 12.2 Å². The summed E-state index contributed by atoms with van der Waals surface area (Å²) in [5.74, 6) is 2.50. The van der Waals surface area contributed by atoms with Crippen molar-refractivity contribution in [1.29, 1.82) is 0 Å². The van der Waals surface area contributed by atoms with Crippen LogP contribution >= 0.6 is 11.8 Å². The van der Waals surface area contributed by atoms with Gasteiger partial charge in [-0.15, -0.1) is 0 Å². The fraction of sp³-hybridized carbons (Fsp3) is 0.857. The lowest BCUT2D eigenvalue weighted by Gasteiger charge is -2.36. The van der Waals surface area contributed by atoms with Crippen molar-refractivity contribution >= 4 is 11.8 Å². The molecule has 1 aliphatic carbocycles. The van der Waals surface area contributed by atoms with E-state index < -0.39 is 0 Å². The van der Waals surface area contributed by atoms with Crippen molar-refractivity contribution in [2.45, 2.75) is 56.6 Å². The van der Waals surface area contributed by atoms with Crippen LogP contribution in [0.4, 0.5) is 0 Å². The van der Waals surface area contributed by atoms with E-state index in [4.69, 9.17) is 10.5 Å². The Labute approximate surface area is 108 Å². The highest BCUT2D eigenvalue weighted by Gasteiger charge is 2.39. The summed E-state index contributed by atoms with van der Waals surface area (Å²) in [5, 5.41) is 0. The predicted octanol–water partition coefficient (Wildman–Crippen LogP) is 2.87. The van der Waals surface area contributed by atoms with Gasteiger partial charge >= 0.3 is 0 Å². The number of thioether (sulfide) groups is 1. The Morgan fingerprint density at radius 2 is 2.00 bits per heavy atom. The zero-order valence-corrected chi connectivity index (χ0v) is 11.4. The number of ether oxygens (including phenoxy) is 1. The van der Waals surface area contributed by atoms with Crippen LogP contribution in [-0.2, 0) is 4.74 Å². The Balaban J connectivity index is 1.72. The van der Waals surface area contributed by atoms with E-state index in [0.29, 0.717) is 6.04 Å². The summed E-state index contributed by atoms with van der Waals surface area (Å²) in [4.78, 5) is 0. The van der Waals surface area contributed by atoms with Crippen LogP contribution in [0.2, 0.25) is 0 Å². The molecule has 2 N–H and O–H groups in total. The average Bonchev–Trinajstić information content (AvgIpc) is 2.78. The molecule has 3 aliphatic rings. The van der Waals surface area contributed by atoms with Gasteiger partial charge < -0.3 is 10.5 Å². The SMILES string of the molecule is NC1CCC(=C2CCOC3(CCSC3)C2)CC1. The first-order valence-corrected chi connectivity index (χ1v) is 8.10. The van der Waals surface area contributed by atoms with Crippen molar-refractivity contribution < 1.29 is 4.74 Å². The van der Waals surface area contributed by atoms with Crippen LogP contribution in [0.15, 0.2) is 11.1 Å². The Morgan fingerprint density at radius 1 is 1.18 bits per heavy atom. The van der Waals surface area contributed by atoms with Crippen molar-refractivity contribution in [3.8, 4) is 0 Å². The third-order valence-electron chi connectivity index (χ3n) is 4.55. The van der Waals surface area contributed by atoms with Crippen LogP contribution in [-0.4, -0.2) is 29.8 Å². The van der Waals surface area contributed by atoms with Crippen LogP contribution in [0, 0.1) is 0 Å². The molecule has 1 saturated carbocycles. The summed E-state index contributed by atoms with van der Waals surface area (Å²) in [7, 11) is 0. The number of hydrogen-bond acceptors (Lipinski definition) is 3. The maximum absolute atomic E-state index is 6.09. The molecule has 2 aliphatic heterocycles. The van der Waals surface area contributed by atoms with E-state index in [2.05, 4.69) is 11.8 Å². The first-order valence-electron chi connectivity index (χ1n) is 6.94. The highest BCUT2D eigenvalue weighted by atomic mass is 32.2. The molecule has 0 aromatic carbocycles. The number of nitrogens with two attached hydrogens (primary N) is 1. The van der Waals surface area contributed by atoms with Crippen molar-refractivity contribution in [1.82, 2.24) is 0 Å². The molecular formula is C14H23NOS. The topological polar surface area (TPSA) is 35.2 Å². The molecular weight excluding hydrogens is 230 g/mol. The second-order valence-electron chi connectivity index (χ2n) is 5.81. The van der Waals surface area contributed by atoms with Crippen LogP contribution in [0.25, 0.3) is 0 Å². The van der Waals surface area contributed by atoms with E-state index >= 15 is 0 Å². The van der Waals surface area contributed by atoms with Crippen LogP contribution in [0.5, 0.6) is 0 Å². The van der Waals surface area contributed by atoms with Gasteiger partial charge in [0.1, 0.15) is 0 Å². The lowest BCUT2D eigenvalue weighted by molar-refractivity contribution is -0.0419. The van der Waals surface area contributed by atoms with E-state index in [1.807, 2.05) is 0 Å². The van der Waals surface area contributed by atoms with E-state index in [1.54, 1.807) is 11.1 Å². The third-order valence-corrected chi connectivity index (χ3v) is 5.77. The highest BCUT2D eigenvalue weighted by molar-refractivity contribution is 7.99. The van der Waals surface area contributed by atoms with Gasteiger partial charge in [-0.2, -0.15) is 11.8 Å². The van der Waals surface area contributed by atoms with Gasteiger partial charge in [0, 0.05) is 11.8 Å². The molecule has 3 fully saturated rings. The Morgan fingerprint density at radius 3 is 2.71 bits per heavy atom. The molecule has 0 aromatic heterocycles. The maximum atomic E-state index is 6.09. The van der Waals surface area contributed by atoms with Gasteiger partial charge in [-0.3, -0.25) is 0 Å². The molecule has 2 heterocycles. The molecule has 1 spiro atoms. The van der Waals surface area contributed by atoms with Gasteiger partial charge in [-0.1, -0.05) is 11.1 Å². The Kier molecular flexibility index (Phi) is 3.51. The van der Waals surface area contributed by atoms with Gasteiger partial charge in [0.25, 0.3) is 0 Å². The van der Waals surface area contributed by atoms with Gasteiger partial charge in [0.15, 0.2) is 0 Å². The Hall–Kier alpha value is 0.01000. The fourth-order valence-corrected chi connectivity index (χ4v) is 4.77. The summed E-state index contributed by atoms with van der Waals surface area (Å²) >= 11 is 2.06. The van der Waals surface area contributed by atoms with Gasteiger partial charge in [-0.25, -0.2) is 0 Å². The Bertz CT molecular complexity index is 310. The smallest absolute Gasteiger partial charge is 0.0817 e. The summed E-state index contributed by atoms with van der Waals surface area (Å²) in [6.07, 6.45) is 8.54. The third kappa shape index (κ3) is 2.56. The van der Waals surface area contributed by atoms with E-state index in [1.165, 1.54) is 56.5 Å². The zero-order valence-electron chi connectivity index (χ0n) is 10.5. The molecule has 2 saturated heterocycles. The van der Waals surface area contributed by atoms with E-state index in [0.717, 1.165) is 6.61 Å². The largest absolute Gasteiger partial charge is 0.373 e. The van der Waals surface area contributed by atoms with E-state index in [9.17, 15) is 0 Å². The van der Waals surface area contributed by atoms with Gasteiger partial charge in [0.2, 0.25) is 0 Å². The summed E-state index contributed by atoms with van der Waals surface area (Å²) < 4.78 is 6.09. The van der Waals surface area contributed by atoms with E-state index in [-0.39, 0.29) is 5.60 Å². The van der Waals surface area contributed by atoms with Crippen molar-refractivity contribution in [2.24, 2.45) is 5.73 Å². The summed E-state index contributed by atoms with van der Waals surface area (Å²) in [6.45, 7) is 0.950. The molecule has 1 atom stereocenters. The molecule has 2 nitrogen and oxygen atoms in total. The molecule has 0 bridgehead atoms. The molecule has 0 amide bonds. The van der Waals surface area contributed by atoms with Crippen molar-refractivity contribution in [3.05, 3.63) is 11.1 Å². The maximum Gasteiger partial charge on any atom is 0.0817 e. The van der Waals surface area contributed by atoms with Crippen molar-refractivity contribution in [3.63, 3.8) is 0 Å². The average molecular weight is 253 g/mol. The molecule has 3 heteroatoms. The second-order valence-corrected chi connectivity index (χ2v) is 6.91. The molecule has 0 aromatic rings. The quantitative estimate of drug-likeness (QED) is 0.674. The molecule has 96 valence electrons. The standard InChI is InChI=1S/C14H23NOS/c15-13-3-1-11(2-4-13)12-5-7-16-14(9-12)6-8-17-10-14/h13H,1-10,15H2. The zero-order chi connectivity index (χ0) is 11.7. The minimum Gasteiger partial charge on any atom is -0.373 e. The fourth-order valence-electron chi connectivity index (χ4n) is 3.40. The number of rotatable bonds is 0. The molecule has 17 heavy (non-hydrogen) atoms. The van der Waals surface area contributed by atoms with Gasteiger partial charge in [-0.05, 0) is 50.7 Å². The van der Waals surface area contributed by atoms with Crippen molar-refractivity contribution in [2.75, 3.05) is 18.1 Å².